The summed E-state index contributed by atoms with van der Waals surface area (Å²) in [7, 11) is -1.42. The van der Waals surface area contributed by atoms with Crippen LogP contribution in [0, 0.1) is 0 Å². The normalized spacial score (nSPS) is 21.4. The van der Waals surface area contributed by atoms with E-state index in [0.29, 0.717) is 30.2 Å². The zero-order chi connectivity index (χ0) is 14.3. The van der Waals surface area contributed by atoms with E-state index in [0.717, 1.165) is 11.9 Å². The maximum absolute atomic E-state index is 12.0. The predicted octanol–water partition coefficient (Wildman–Crippen LogP) is 1.20. The fourth-order valence-corrected chi connectivity index (χ4v) is 4.57. The van der Waals surface area contributed by atoms with Gasteiger partial charge < -0.3 is 15.0 Å². The first kappa shape index (κ1) is 13.2. The molecule has 1 aromatic heterocycles. The number of methoxy groups -OCH3 is 1. The van der Waals surface area contributed by atoms with Gasteiger partial charge in [0.15, 0.2) is 9.84 Å². The molecule has 1 aliphatic rings. The topological polar surface area (TPSA) is 87.2 Å². The zero-order valence-corrected chi connectivity index (χ0v) is 12.1. The lowest BCUT2D eigenvalue weighted by Gasteiger charge is -2.12. The number of nitrogen functional groups attached to an aromatic ring is 1. The Balaban J connectivity index is 2.06. The summed E-state index contributed by atoms with van der Waals surface area (Å²) < 4.78 is 30.9. The SMILES string of the molecule is COc1cccc2c1nc(N)n2CC1CCCS1(=O)=O. The molecule has 3 rings (SSSR count). The Morgan fingerprint density at radius 1 is 1.50 bits per heavy atom. The van der Waals surface area contributed by atoms with E-state index in [9.17, 15) is 8.42 Å². The van der Waals surface area contributed by atoms with Crippen LogP contribution in [0.4, 0.5) is 5.95 Å². The summed E-state index contributed by atoms with van der Waals surface area (Å²) in [4.78, 5) is 4.29. The van der Waals surface area contributed by atoms with Crippen molar-refractivity contribution in [3.63, 3.8) is 0 Å². The third-order valence-corrected chi connectivity index (χ3v) is 6.10. The second kappa shape index (κ2) is 4.66. The van der Waals surface area contributed by atoms with Gasteiger partial charge in [0, 0.05) is 6.54 Å². The summed E-state index contributed by atoms with van der Waals surface area (Å²) in [5.41, 5.74) is 7.42. The van der Waals surface area contributed by atoms with E-state index in [1.54, 1.807) is 11.7 Å². The molecule has 1 atom stereocenters. The van der Waals surface area contributed by atoms with Crippen LogP contribution in [0.5, 0.6) is 5.75 Å². The predicted molar refractivity (Wildman–Crippen MR) is 77.5 cm³/mol. The van der Waals surface area contributed by atoms with E-state index in [-0.39, 0.29) is 11.0 Å². The smallest absolute Gasteiger partial charge is 0.201 e. The van der Waals surface area contributed by atoms with Crippen LogP contribution in [-0.4, -0.2) is 36.1 Å². The van der Waals surface area contributed by atoms with Crippen molar-refractivity contribution in [1.82, 2.24) is 9.55 Å². The maximum atomic E-state index is 12.0. The molecule has 0 amide bonds. The molecule has 2 N–H and O–H groups in total. The molecule has 1 saturated heterocycles. The Bertz CT molecular complexity index is 752. The van der Waals surface area contributed by atoms with E-state index in [1.165, 1.54) is 0 Å². The number of hydrogen-bond acceptors (Lipinski definition) is 5. The third-order valence-electron chi connectivity index (χ3n) is 3.84. The molecule has 108 valence electrons. The van der Waals surface area contributed by atoms with Crippen LogP contribution in [0.3, 0.4) is 0 Å². The van der Waals surface area contributed by atoms with Crippen LogP contribution in [0.15, 0.2) is 18.2 Å². The van der Waals surface area contributed by atoms with Crippen molar-refractivity contribution in [2.45, 2.75) is 24.6 Å². The summed E-state index contributed by atoms with van der Waals surface area (Å²) in [5.74, 6) is 1.24. The first-order valence-electron chi connectivity index (χ1n) is 6.53. The van der Waals surface area contributed by atoms with Crippen molar-refractivity contribution in [1.29, 1.82) is 0 Å². The Hall–Kier alpha value is -1.76. The molecule has 1 aromatic carbocycles. The van der Waals surface area contributed by atoms with E-state index in [4.69, 9.17) is 10.5 Å². The fourth-order valence-electron chi connectivity index (χ4n) is 2.76. The highest BCUT2D eigenvalue weighted by Crippen LogP contribution is 2.29. The van der Waals surface area contributed by atoms with E-state index in [2.05, 4.69) is 4.98 Å². The minimum Gasteiger partial charge on any atom is -0.494 e. The number of anilines is 1. The summed E-state index contributed by atoms with van der Waals surface area (Å²) in [6.45, 7) is 0.359. The molecule has 7 heteroatoms. The van der Waals surface area contributed by atoms with Crippen LogP contribution in [0.1, 0.15) is 12.8 Å². The molecule has 6 nitrogen and oxygen atoms in total. The average molecular weight is 295 g/mol. The van der Waals surface area contributed by atoms with Gasteiger partial charge in [0.1, 0.15) is 11.3 Å². The van der Waals surface area contributed by atoms with Gasteiger partial charge in [0.25, 0.3) is 0 Å². The second-order valence-corrected chi connectivity index (χ2v) is 7.44. The average Bonchev–Trinajstić information content (AvgIpc) is 2.91. The van der Waals surface area contributed by atoms with Crippen LogP contribution in [-0.2, 0) is 16.4 Å². The summed E-state index contributed by atoms with van der Waals surface area (Å²) in [6.07, 6.45) is 1.41. The zero-order valence-electron chi connectivity index (χ0n) is 11.2. The van der Waals surface area contributed by atoms with Crippen molar-refractivity contribution < 1.29 is 13.2 Å². The number of sulfone groups is 1. The molecule has 0 radical (unpaired) electrons. The van der Waals surface area contributed by atoms with E-state index in [1.807, 2.05) is 18.2 Å². The van der Waals surface area contributed by atoms with Crippen molar-refractivity contribution in [2.24, 2.45) is 0 Å². The largest absolute Gasteiger partial charge is 0.494 e. The molecule has 2 aromatic rings. The molecule has 0 aliphatic carbocycles. The Kier molecular flexibility index (Phi) is 3.08. The number of rotatable bonds is 3. The highest BCUT2D eigenvalue weighted by Gasteiger charge is 2.32. The lowest BCUT2D eigenvalue weighted by atomic mass is 10.2. The number of imidazole rings is 1. The summed E-state index contributed by atoms with van der Waals surface area (Å²) in [6, 6.07) is 5.54. The molecule has 1 unspecified atom stereocenters. The molecular weight excluding hydrogens is 278 g/mol. The number of ether oxygens (including phenoxy) is 1. The minimum absolute atomic E-state index is 0.271. The Morgan fingerprint density at radius 3 is 2.95 bits per heavy atom. The van der Waals surface area contributed by atoms with Gasteiger partial charge in [-0.3, -0.25) is 0 Å². The number of nitrogens with two attached hydrogens (primary N) is 1. The Morgan fingerprint density at radius 2 is 2.30 bits per heavy atom. The van der Waals surface area contributed by atoms with Crippen molar-refractivity contribution in [2.75, 3.05) is 18.6 Å². The summed E-state index contributed by atoms with van der Waals surface area (Å²) >= 11 is 0. The number of fused-ring (bicyclic) bond motifs is 1. The second-order valence-electron chi connectivity index (χ2n) is 5.04. The fraction of sp³-hybridized carbons (Fsp3) is 0.462. The number of benzene rings is 1. The van der Waals surface area contributed by atoms with Gasteiger partial charge in [-0.15, -0.1) is 0 Å². The van der Waals surface area contributed by atoms with Gasteiger partial charge in [-0.25, -0.2) is 13.4 Å². The third kappa shape index (κ3) is 2.02. The first-order chi connectivity index (χ1) is 9.53. The van der Waals surface area contributed by atoms with Gasteiger partial charge in [0.05, 0.1) is 23.6 Å². The van der Waals surface area contributed by atoms with Crippen LogP contribution < -0.4 is 10.5 Å². The van der Waals surface area contributed by atoms with E-state index < -0.39 is 9.84 Å². The number of para-hydroxylation sites is 1. The highest BCUT2D eigenvalue weighted by atomic mass is 32.2. The molecule has 0 saturated carbocycles. The molecule has 2 heterocycles. The van der Waals surface area contributed by atoms with Crippen molar-refractivity contribution in [3.05, 3.63) is 18.2 Å². The van der Waals surface area contributed by atoms with Gasteiger partial charge in [-0.05, 0) is 25.0 Å². The van der Waals surface area contributed by atoms with Gasteiger partial charge in [-0.2, -0.15) is 0 Å². The molecule has 0 spiro atoms. The van der Waals surface area contributed by atoms with Crippen LogP contribution in [0.25, 0.3) is 11.0 Å². The number of aromatic nitrogens is 2. The van der Waals surface area contributed by atoms with Gasteiger partial charge >= 0.3 is 0 Å². The lowest BCUT2D eigenvalue weighted by Crippen LogP contribution is -2.23. The molecular formula is C13H17N3O3S. The molecule has 0 bridgehead atoms. The summed E-state index contributed by atoms with van der Waals surface area (Å²) in [5, 5.41) is -0.367. The van der Waals surface area contributed by atoms with Crippen molar-refractivity contribution in [3.8, 4) is 5.75 Å². The number of nitrogens with zero attached hydrogens (tertiary/aromatic N) is 2. The minimum atomic E-state index is -3.00. The monoisotopic (exact) mass is 295 g/mol. The molecule has 1 aliphatic heterocycles. The van der Waals surface area contributed by atoms with E-state index >= 15 is 0 Å². The maximum Gasteiger partial charge on any atom is 0.201 e. The standard InChI is InChI=1S/C13H17N3O3S/c1-19-11-6-2-5-10-12(11)15-13(14)16(10)8-9-4-3-7-20(9,17)18/h2,5-6,9H,3-4,7-8H2,1H3,(H2,14,15). The van der Waals surface area contributed by atoms with Crippen LogP contribution >= 0.6 is 0 Å². The number of hydrogen-bond donors (Lipinski definition) is 1. The van der Waals surface area contributed by atoms with Gasteiger partial charge in [0.2, 0.25) is 5.95 Å². The van der Waals surface area contributed by atoms with Gasteiger partial charge in [-0.1, -0.05) is 6.07 Å². The molecule has 20 heavy (non-hydrogen) atoms. The Labute approximate surface area is 117 Å². The quantitative estimate of drug-likeness (QED) is 0.919. The van der Waals surface area contributed by atoms with Crippen molar-refractivity contribution >= 4 is 26.8 Å². The molecule has 1 fully saturated rings. The van der Waals surface area contributed by atoms with Crippen LogP contribution in [0.2, 0.25) is 0 Å². The lowest BCUT2D eigenvalue weighted by molar-refractivity contribution is 0.419. The first-order valence-corrected chi connectivity index (χ1v) is 8.25. The highest BCUT2D eigenvalue weighted by molar-refractivity contribution is 7.92.